The number of nitrogen functional groups attached to an aromatic ring is 1. The Balaban J connectivity index is 2.00. The van der Waals surface area contributed by atoms with Crippen LogP contribution in [0.3, 0.4) is 0 Å². The van der Waals surface area contributed by atoms with E-state index in [9.17, 15) is 0 Å². The minimum Gasteiger partial charge on any atom is -0.365 e. The second-order valence-electron chi connectivity index (χ2n) is 3.35. The van der Waals surface area contributed by atoms with Crippen LogP contribution in [0.2, 0.25) is 0 Å². The Morgan fingerprint density at radius 1 is 1.12 bits per heavy atom. The fourth-order valence-corrected chi connectivity index (χ4v) is 1.55. The number of nitrogens with zero attached hydrogens (tertiary/aromatic N) is 3. The van der Waals surface area contributed by atoms with Gasteiger partial charge in [-0.3, -0.25) is 0 Å². The first kappa shape index (κ1) is 8.90. The normalized spacial score (nSPS) is 11.0. The van der Waals surface area contributed by atoms with Crippen LogP contribution in [-0.2, 0) is 6.42 Å². The second kappa shape index (κ2) is 3.34. The molecule has 16 heavy (non-hydrogen) atoms. The molecule has 0 atom stereocenters. The van der Waals surface area contributed by atoms with E-state index in [0.29, 0.717) is 12.3 Å². The van der Waals surface area contributed by atoms with Gasteiger partial charge in [0.25, 0.3) is 5.95 Å². The van der Waals surface area contributed by atoms with Crippen molar-refractivity contribution in [1.29, 1.82) is 0 Å². The van der Waals surface area contributed by atoms with Gasteiger partial charge in [-0.25, -0.2) is 0 Å². The fraction of sp³-hybridized carbons (Fsp3) is 0.100. The number of hydrogen-bond acceptors (Lipinski definition) is 6. The van der Waals surface area contributed by atoms with Gasteiger partial charge in [0.05, 0.1) is 6.42 Å². The topological polar surface area (TPSA) is 91.0 Å². The van der Waals surface area contributed by atoms with Gasteiger partial charge in [-0.1, -0.05) is 17.3 Å². The number of fused-ring (bicyclic) bond motifs is 1. The molecule has 1 aromatic carbocycles. The van der Waals surface area contributed by atoms with Crippen molar-refractivity contribution in [2.24, 2.45) is 0 Å². The summed E-state index contributed by atoms with van der Waals surface area (Å²) in [7, 11) is 0. The molecule has 0 aliphatic heterocycles. The fourth-order valence-electron chi connectivity index (χ4n) is 1.55. The summed E-state index contributed by atoms with van der Waals surface area (Å²) in [6.45, 7) is 0. The minimum atomic E-state index is 0.128. The zero-order valence-electron chi connectivity index (χ0n) is 8.25. The molecule has 0 saturated heterocycles. The highest BCUT2D eigenvalue weighted by Gasteiger charge is 2.11. The quantitative estimate of drug-likeness (QED) is 0.695. The molecule has 0 fully saturated rings. The summed E-state index contributed by atoms with van der Waals surface area (Å²) in [5.41, 5.74) is 6.86. The summed E-state index contributed by atoms with van der Waals surface area (Å²) in [5.74, 6) is 0.555. The highest BCUT2D eigenvalue weighted by atomic mass is 16.5. The van der Waals surface area contributed by atoms with Gasteiger partial charge >= 0.3 is 0 Å². The van der Waals surface area contributed by atoms with E-state index in [1.54, 1.807) is 0 Å². The van der Waals surface area contributed by atoms with Crippen LogP contribution < -0.4 is 5.73 Å². The Labute approximate surface area is 90.0 Å². The number of para-hydroxylation sites is 1. The molecule has 2 N–H and O–H groups in total. The molecule has 2 aromatic heterocycles. The Morgan fingerprint density at radius 3 is 2.81 bits per heavy atom. The van der Waals surface area contributed by atoms with Crippen molar-refractivity contribution in [3.63, 3.8) is 0 Å². The average molecular weight is 216 g/mol. The van der Waals surface area contributed by atoms with Gasteiger partial charge in [-0.05, 0) is 17.3 Å². The van der Waals surface area contributed by atoms with Crippen molar-refractivity contribution in [2.75, 3.05) is 5.73 Å². The van der Waals surface area contributed by atoms with Crippen LogP contribution >= 0.6 is 0 Å². The van der Waals surface area contributed by atoms with Gasteiger partial charge in [0.2, 0.25) is 5.89 Å². The van der Waals surface area contributed by atoms with E-state index >= 15 is 0 Å². The summed E-state index contributed by atoms with van der Waals surface area (Å²) in [5, 5.41) is 8.41. The third-order valence-corrected chi connectivity index (χ3v) is 2.25. The number of rotatable bonds is 2. The number of nitrogens with two attached hydrogens (primary N) is 1. The van der Waals surface area contributed by atoms with Gasteiger partial charge in [0, 0.05) is 5.39 Å². The SMILES string of the molecule is Nc1noc(Cc2noc3ccccc23)n1. The molecule has 80 valence electrons. The van der Waals surface area contributed by atoms with Gasteiger partial charge in [0.1, 0.15) is 5.69 Å². The van der Waals surface area contributed by atoms with Gasteiger partial charge < -0.3 is 14.8 Å². The monoisotopic (exact) mass is 216 g/mol. The molecule has 0 radical (unpaired) electrons. The van der Waals surface area contributed by atoms with E-state index in [-0.39, 0.29) is 5.95 Å². The van der Waals surface area contributed by atoms with E-state index in [1.807, 2.05) is 24.3 Å². The lowest BCUT2D eigenvalue weighted by atomic mass is 10.2. The van der Waals surface area contributed by atoms with Crippen molar-refractivity contribution in [3.8, 4) is 0 Å². The Bertz CT molecular complexity index is 628. The summed E-state index contributed by atoms with van der Waals surface area (Å²) in [6, 6.07) is 7.60. The molecule has 0 saturated carbocycles. The Kier molecular flexibility index (Phi) is 1.86. The first-order valence-electron chi connectivity index (χ1n) is 4.74. The van der Waals surface area contributed by atoms with Crippen LogP contribution in [-0.4, -0.2) is 15.3 Å². The lowest BCUT2D eigenvalue weighted by Crippen LogP contribution is -1.90. The second-order valence-corrected chi connectivity index (χ2v) is 3.35. The van der Waals surface area contributed by atoms with Crippen LogP contribution in [0.25, 0.3) is 11.0 Å². The lowest BCUT2D eigenvalue weighted by molar-refractivity contribution is 0.381. The van der Waals surface area contributed by atoms with Gasteiger partial charge in [-0.15, -0.1) is 0 Å². The smallest absolute Gasteiger partial charge is 0.260 e. The van der Waals surface area contributed by atoms with Gasteiger partial charge in [0.15, 0.2) is 5.58 Å². The van der Waals surface area contributed by atoms with E-state index in [2.05, 4.69) is 15.3 Å². The van der Waals surface area contributed by atoms with E-state index < -0.39 is 0 Å². The zero-order chi connectivity index (χ0) is 11.0. The molecular weight excluding hydrogens is 208 g/mol. The number of aromatic nitrogens is 3. The predicted molar refractivity (Wildman–Crippen MR) is 55.5 cm³/mol. The molecule has 6 nitrogen and oxygen atoms in total. The van der Waals surface area contributed by atoms with Crippen LogP contribution in [0.1, 0.15) is 11.6 Å². The van der Waals surface area contributed by atoms with Crippen molar-refractivity contribution in [2.45, 2.75) is 6.42 Å². The van der Waals surface area contributed by atoms with Crippen LogP contribution in [0, 0.1) is 0 Å². The van der Waals surface area contributed by atoms with Crippen molar-refractivity contribution < 1.29 is 9.05 Å². The molecule has 0 bridgehead atoms. The van der Waals surface area contributed by atoms with E-state index in [1.165, 1.54) is 0 Å². The van der Waals surface area contributed by atoms with Crippen molar-refractivity contribution in [1.82, 2.24) is 15.3 Å². The zero-order valence-corrected chi connectivity index (χ0v) is 8.25. The van der Waals surface area contributed by atoms with Crippen molar-refractivity contribution >= 4 is 16.9 Å². The molecule has 0 unspecified atom stereocenters. The maximum atomic E-state index is 5.36. The average Bonchev–Trinajstić information content (AvgIpc) is 2.87. The molecule has 0 spiro atoms. The van der Waals surface area contributed by atoms with Gasteiger partial charge in [-0.2, -0.15) is 4.98 Å². The predicted octanol–water partition coefficient (Wildman–Crippen LogP) is 1.38. The van der Waals surface area contributed by atoms with E-state index in [0.717, 1.165) is 16.7 Å². The third-order valence-electron chi connectivity index (χ3n) is 2.25. The number of hydrogen-bond donors (Lipinski definition) is 1. The van der Waals surface area contributed by atoms with Crippen molar-refractivity contribution in [3.05, 3.63) is 35.9 Å². The molecule has 0 aliphatic rings. The Morgan fingerprint density at radius 2 is 2.00 bits per heavy atom. The summed E-state index contributed by atoms with van der Waals surface area (Å²) in [4.78, 5) is 3.91. The molecule has 3 rings (SSSR count). The molecule has 0 aliphatic carbocycles. The highest BCUT2D eigenvalue weighted by molar-refractivity contribution is 5.79. The number of anilines is 1. The summed E-state index contributed by atoms with van der Waals surface area (Å²) in [6.07, 6.45) is 0.418. The molecular formula is C10H8N4O2. The van der Waals surface area contributed by atoms with Crippen LogP contribution in [0.15, 0.2) is 33.3 Å². The lowest BCUT2D eigenvalue weighted by Gasteiger charge is -1.89. The molecule has 3 aromatic rings. The standard InChI is InChI=1S/C10H8N4O2/c11-10-12-9(16-14-10)5-7-6-3-1-2-4-8(6)15-13-7/h1-4H,5H2,(H2,11,14). The number of benzene rings is 1. The van der Waals surface area contributed by atoms with Crippen LogP contribution in [0.4, 0.5) is 5.95 Å². The molecule has 0 amide bonds. The summed E-state index contributed by atoms with van der Waals surface area (Å²) >= 11 is 0. The Hall–Kier alpha value is -2.37. The largest absolute Gasteiger partial charge is 0.365 e. The minimum absolute atomic E-state index is 0.128. The van der Waals surface area contributed by atoms with E-state index in [4.69, 9.17) is 14.8 Å². The first-order valence-corrected chi connectivity index (χ1v) is 4.74. The molecule has 2 heterocycles. The maximum absolute atomic E-state index is 5.36. The van der Waals surface area contributed by atoms with Crippen LogP contribution in [0.5, 0.6) is 0 Å². The first-order chi connectivity index (χ1) is 7.83. The third kappa shape index (κ3) is 1.40. The molecule has 6 heteroatoms. The maximum Gasteiger partial charge on any atom is 0.260 e. The summed E-state index contributed by atoms with van der Waals surface area (Å²) < 4.78 is 10.1. The highest BCUT2D eigenvalue weighted by Crippen LogP contribution is 2.19.